The number of likely N-dealkylation sites (N-methyl/N-ethyl adjacent to an activating group) is 2. The Morgan fingerprint density at radius 3 is 1.15 bits per heavy atom. The summed E-state index contributed by atoms with van der Waals surface area (Å²) in [7, 11) is 3.90. The highest BCUT2D eigenvalue weighted by Gasteiger charge is 2.32. The monoisotopic (exact) mass is 466 g/mol. The lowest BCUT2D eigenvalue weighted by molar-refractivity contribution is -0.129. The molecule has 0 fully saturated rings. The van der Waals surface area contributed by atoms with Crippen molar-refractivity contribution in [1.82, 2.24) is 20.4 Å². The van der Waals surface area contributed by atoms with Gasteiger partial charge in [-0.1, -0.05) is 60.7 Å². The Bertz CT molecular complexity index is 826. The molecule has 2 aromatic carbocycles. The first-order chi connectivity index (χ1) is 16.0. The number of amides is 2. The van der Waals surface area contributed by atoms with Crippen molar-refractivity contribution in [1.29, 1.82) is 0 Å². The Labute approximate surface area is 205 Å². The molecule has 0 unspecified atom stereocenters. The zero-order valence-electron chi connectivity index (χ0n) is 21.9. The second-order valence-corrected chi connectivity index (χ2v) is 9.66. The molecule has 6 heteroatoms. The van der Waals surface area contributed by atoms with Crippen LogP contribution in [0.2, 0.25) is 0 Å². The summed E-state index contributed by atoms with van der Waals surface area (Å²) >= 11 is 0. The van der Waals surface area contributed by atoms with E-state index >= 15 is 0 Å². The highest BCUT2D eigenvalue weighted by atomic mass is 16.2. The number of benzene rings is 2. The van der Waals surface area contributed by atoms with Crippen LogP contribution >= 0.6 is 0 Å². The summed E-state index contributed by atoms with van der Waals surface area (Å²) in [6.07, 6.45) is 0. The Kier molecular flexibility index (Phi) is 10.3. The third-order valence-electron chi connectivity index (χ3n) is 6.86. The number of carbonyl (C=O) groups excluding carboxylic acids is 2. The van der Waals surface area contributed by atoms with Crippen LogP contribution in [0.5, 0.6) is 0 Å². The van der Waals surface area contributed by atoms with E-state index < -0.39 is 12.1 Å². The van der Waals surface area contributed by atoms with Gasteiger partial charge in [0.25, 0.3) is 0 Å². The summed E-state index contributed by atoms with van der Waals surface area (Å²) in [6.45, 7) is 12.1. The third-order valence-corrected chi connectivity index (χ3v) is 6.86. The maximum atomic E-state index is 13.4. The number of nitrogens with one attached hydrogen (secondary N) is 2. The smallest absolute Gasteiger partial charge is 0.237 e. The third kappa shape index (κ3) is 7.15. The van der Waals surface area contributed by atoms with Crippen molar-refractivity contribution in [3.63, 3.8) is 0 Å². The molecule has 0 aromatic heterocycles. The van der Waals surface area contributed by atoms with Crippen LogP contribution in [0, 0.1) is 0 Å². The van der Waals surface area contributed by atoms with E-state index in [-0.39, 0.29) is 36.0 Å². The van der Waals surface area contributed by atoms with E-state index in [2.05, 4.69) is 38.3 Å². The number of hydrogen-bond donors (Lipinski definition) is 2. The first-order valence-electron chi connectivity index (χ1n) is 12.2. The summed E-state index contributed by atoms with van der Waals surface area (Å²) in [6, 6.07) is 18.7. The molecule has 0 bridgehead atoms. The fourth-order valence-electron chi connectivity index (χ4n) is 3.85. The highest BCUT2D eigenvalue weighted by Crippen LogP contribution is 2.30. The lowest BCUT2D eigenvalue weighted by Crippen LogP contribution is -2.51. The standard InChI is InChI=1S/C28H42N4O2/c1-19(2)31(7)21(5)27(33)29-25(23-15-11-9-12-16-23)26(24-17-13-10-14-18-24)30-28(34)22(6)32(8)20(3)4/h9-22,25-26H,1-8H3,(H,29,33)(H,30,34)/t21-,22-,25-,26-/m0/s1. The number of carbonyl (C=O) groups is 2. The average molecular weight is 467 g/mol. The van der Waals surface area contributed by atoms with Crippen LogP contribution in [-0.4, -0.2) is 59.9 Å². The Hall–Kier alpha value is -2.70. The second-order valence-electron chi connectivity index (χ2n) is 9.66. The number of nitrogens with zero attached hydrogens (tertiary/aromatic N) is 2. The zero-order valence-corrected chi connectivity index (χ0v) is 21.9. The van der Waals surface area contributed by atoms with E-state index in [1.165, 1.54) is 0 Å². The maximum Gasteiger partial charge on any atom is 0.237 e. The van der Waals surface area contributed by atoms with Crippen LogP contribution in [0.4, 0.5) is 0 Å². The molecule has 0 spiro atoms. The highest BCUT2D eigenvalue weighted by molar-refractivity contribution is 5.83. The van der Waals surface area contributed by atoms with Gasteiger partial charge in [0, 0.05) is 12.1 Å². The van der Waals surface area contributed by atoms with E-state index in [1.54, 1.807) is 0 Å². The number of hydrogen-bond acceptors (Lipinski definition) is 4. The van der Waals surface area contributed by atoms with Gasteiger partial charge < -0.3 is 10.6 Å². The molecule has 0 aliphatic heterocycles. The van der Waals surface area contributed by atoms with Crippen LogP contribution in [0.15, 0.2) is 60.7 Å². The molecule has 2 rings (SSSR count). The minimum Gasteiger partial charge on any atom is -0.346 e. The molecule has 2 aromatic rings. The van der Waals surface area contributed by atoms with Crippen LogP contribution in [0.1, 0.15) is 64.8 Å². The van der Waals surface area contributed by atoms with Crippen LogP contribution in [0.25, 0.3) is 0 Å². The number of rotatable bonds is 11. The first kappa shape index (κ1) is 27.5. The van der Waals surface area contributed by atoms with Crippen molar-refractivity contribution in [2.24, 2.45) is 0 Å². The van der Waals surface area contributed by atoms with Gasteiger partial charge in [-0.3, -0.25) is 19.4 Å². The Balaban J connectivity index is 2.46. The molecule has 4 atom stereocenters. The minimum absolute atomic E-state index is 0.0763. The van der Waals surface area contributed by atoms with E-state index in [0.717, 1.165) is 11.1 Å². The van der Waals surface area contributed by atoms with Crippen LogP contribution in [-0.2, 0) is 9.59 Å². The molecular formula is C28H42N4O2. The van der Waals surface area contributed by atoms with Crippen molar-refractivity contribution in [2.45, 2.75) is 77.8 Å². The van der Waals surface area contributed by atoms with Gasteiger partial charge in [-0.05, 0) is 66.8 Å². The van der Waals surface area contributed by atoms with Gasteiger partial charge in [0.1, 0.15) is 0 Å². The summed E-state index contributed by atoms with van der Waals surface area (Å²) in [5.41, 5.74) is 1.88. The maximum absolute atomic E-state index is 13.4. The molecule has 0 saturated carbocycles. The molecule has 0 aliphatic carbocycles. The summed E-state index contributed by atoms with van der Waals surface area (Å²) in [5, 5.41) is 6.51. The van der Waals surface area contributed by atoms with Crippen LogP contribution < -0.4 is 10.6 Å². The Morgan fingerprint density at radius 2 is 0.882 bits per heavy atom. The van der Waals surface area contributed by atoms with Crippen molar-refractivity contribution >= 4 is 11.8 Å². The van der Waals surface area contributed by atoms with E-state index in [1.807, 2.05) is 98.4 Å². The molecule has 2 N–H and O–H groups in total. The molecule has 6 nitrogen and oxygen atoms in total. The largest absolute Gasteiger partial charge is 0.346 e. The predicted molar refractivity (Wildman–Crippen MR) is 139 cm³/mol. The van der Waals surface area contributed by atoms with Gasteiger partial charge in [-0.25, -0.2) is 0 Å². The predicted octanol–water partition coefficient (Wildman–Crippen LogP) is 4.16. The lowest BCUT2D eigenvalue weighted by Gasteiger charge is -2.35. The fraction of sp³-hybridized carbons (Fsp3) is 0.500. The average Bonchev–Trinajstić information content (AvgIpc) is 2.84. The van der Waals surface area contributed by atoms with E-state index in [0.29, 0.717) is 0 Å². The molecule has 0 saturated heterocycles. The first-order valence-corrected chi connectivity index (χ1v) is 12.2. The van der Waals surface area contributed by atoms with Gasteiger partial charge in [-0.15, -0.1) is 0 Å². The quantitative estimate of drug-likeness (QED) is 0.522. The van der Waals surface area contributed by atoms with E-state index in [4.69, 9.17) is 0 Å². The fourth-order valence-corrected chi connectivity index (χ4v) is 3.85. The van der Waals surface area contributed by atoms with E-state index in [9.17, 15) is 9.59 Å². The second kappa shape index (κ2) is 12.7. The molecule has 186 valence electrons. The van der Waals surface area contributed by atoms with Crippen LogP contribution in [0.3, 0.4) is 0 Å². The van der Waals surface area contributed by atoms with Crippen molar-refractivity contribution < 1.29 is 9.59 Å². The molecular weight excluding hydrogens is 424 g/mol. The zero-order chi connectivity index (χ0) is 25.4. The van der Waals surface area contributed by atoms with Gasteiger partial charge in [-0.2, -0.15) is 0 Å². The topological polar surface area (TPSA) is 64.7 Å². The molecule has 0 aliphatic rings. The molecule has 0 radical (unpaired) electrons. The molecule has 2 amide bonds. The minimum atomic E-state index is -0.431. The van der Waals surface area contributed by atoms with Gasteiger partial charge in [0.15, 0.2) is 0 Å². The normalized spacial score (nSPS) is 15.3. The van der Waals surface area contributed by atoms with Gasteiger partial charge in [0.2, 0.25) is 11.8 Å². The van der Waals surface area contributed by atoms with Gasteiger partial charge in [0.05, 0.1) is 24.2 Å². The molecule has 0 heterocycles. The summed E-state index contributed by atoms with van der Waals surface area (Å²) in [4.78, 5) is 30.8. The van der Waals surface area contributed by atoms with Crippen molar-refractivity contribution in [3.05, 3.63) is 71.8 Å². The SMILES string of the molecule is CC(C)N(C)[C@@H](C)C(=O)N[C@@H](c1ccccc1)[C@@H](NC(=O)[C@H](C)N(C)C(C)C)c1ccccc1. The van der Waals surface area contributed by atoms with Crippen molar-refractivity contribution in [3.8, 4) is 0 Å². The van der Waals surface area contributed by atoms with Gasteiger partial charge >= 0.3 is 0 Å². The summed E-state index contributed by atoms with van der Waals surface area (Å²) in [5.74, 6) is -0.153. The summed E-state index contributed by atoms with van der Waals surface area (Å²) < 4.78 is 0. The molecule has 34 heavy (non-hydrogen) atoms. The lowest BCUT2D eigenvalue weighted by atomic mass is 9.92. The van der Waals surface area contributed by atoms with Crippen molar-refractivity contribution in [2.75, 3.05) is 14.1 Å². The Morgan fingerprint density at radius 1 is 0.588 bits per heavy atom.